The third kappa shape index (κ3) is 2.48. The molecule has 1 amide bonds. The first-order chi connectivity index (χ1) is 11.2. The van der Waals surface area contributed by atoms with E-state index in [1.807, 2.05) is 30.0 Å². The minimum atomic E-state index is -0.270. The number of esters is 1. The average Bonchev–Trinajstić information content (AvgIpc) is 3.32. The van der Waals surface area contributed by atoms with Gasteiger partial charge in [-0.25, -0.2) is 9.59 Å². The summed E-state index contributed by atoms with van der Waals surface area (Å²) >= 11 is 0. The molecule has 0 spiro atoms. The molecular formula is C18H21NO4. The number of ether oxygens (including phenoxy) is 2. The zero-order valence-corrected chi connectivity index (χ0v) is 13.2. The Morgan fingerprint density at radius 3 is 2.35 bits per heavy atom. The van der Waals surface area contributed by atoms with Crippen LogP contribution in [0.5, 0.6) is 0 Å². The number of fused-ring (bicyclic) bond motifs is 5. The van der Waals surface area contributed by atoms with Gasteiger partial charge in [0, 0.05) is 24.9 Å². The van der Waals surface area contributed by atoms with E-state index in [4.69, 9.17) is 9.47 Å². The standard InChI is InChI=1S/C18H21NO4/c1-2-22-18(21)19-15-8-12(9-16(19)14-10-13(14)15)23-17(20)11-6-4-3-5-7-11/h3-7,12-16H,2,8-10H2,1H3/t12?,13-,14?,15?,16?/m1/s1. The van der Waals surface area contributed by atoms with Crippen LogP contribution in [0.25, 0.3) is 0 Å². The second-order valence-electron chi connectivity index (χ2n) is 6.67. The van der Waals surface area contributed by atoms with Crippen molar-refractivity contribution in [1.29, 1.82) is 0 Å². The molecular weight excluding hydrogens is 294 g/mol. The summed E-state index contributed by atoms with van der Waals surface area (Å²) in [5.41, 5.74) is 0.581. The number of carbonyl (C=O) groups excluding carboxylic acids is 2. The molecule has 0 radical (unpaired) electrons. The molecule has 2 aliphatic heterocycles. The summed E-state index contributed by atoms with van der Waals surface area (Å²) in [6.07, 6.45) is 2.35. The van der Waals surface area contributed by atoms with Crippen molar-refractivity contribution in [3.63, 3.8) is 0 Å². The summed E-state index contributed by atoms with van der Waals surface area (Å²) in [5.74, 6) is 0.878. The molecule has 5 nitrogen and oxygen atoms in total. The van der Waals surface area contributed by atoms with Gasteiger partial charge in [0.1, 0.15) is 6.10 Å². The zero-order chi connectivity index (χ0) is 16.0. The van der Waals surface area contributed by atoms with Crippen LogP contribution in [-0.4, -0.2) is 41.8 Å². The quantitative estimate of drug-likeness (QED) is 0.805. The van der Waals surface area contributed by atoms with E-state index < -0.39 is 0 Å². The van der Waals surface area contributed by atoms with Gasteiger partial charge in [-0.05, 0) is 37.3 Å². The van der Waals surface area contributed by atoms with Crippen molar-refractivity contribution in [2.24, 2.45) is 11.8 Å². The van der Waals surface area contributed by atoms with E-state index in [0.29, 0.717) is 24.0 Å². The van der Waals surface area contributed by atoms with E-state index in [2.05, 4.69) is 0 Å². The van der Waals surface area contributed by atoms with Crippen LogP contribution in [0.1, 0.15) is 36.5 Å². The molecule has 2 saturated heterocycles. The van der Waals surface area contributed by atoms with Crippen LogP contribution in [0.4, 0.5) is 4.79 Å². The van der Waals surface area contributed by atoms with Gasteiger partial charge >= 0.3 is 12.1 Å². The lowest BCUT2D eigenvalue weighted by molar-refractivity contribution is -0.0140. The molecule has 1 aromatic carbocycles. The molecule has 1 saturated carbocycles. The van der Waals surface area contributed by atoms with Crippen molar-refractivity contribution in [3.05, 3.63) is 35.9 Å². The van der Waals surface area contributed by atoms with Crippen LogP contribution in [0.15, 0.2) is 30.3 Å². The van der Waals surface area contributed by atoms with Crippen molar-refractivity contribution in [1.82, 2.24) is 4.90 Å². The van der Waals surface area contributed by atoms with Gasteiger partial charge in [-0.1, -0.05) is 18.2 Å². The number of benzene rings is 1. The Morgan fingerprint density at radius 1 is 1.09 bits per heavy atom. The molecule has 4 rings (SSSR count). The zero-order valence-electron chi connectivity index (χ0n) is 13.2. The lowest BCUT2D eigenvalue weighted by Gasteiger charge is -2.40. The summed E-state index contributed by atoms with van der Waals surface area (Å²) in [5, 5.41) is 0. The fourth-order valence-corrected chi connectivity index (χ4v) is 4.35. The van der Waals surface area contributed by atoms with Crippen molar-refractivity contribution < 1.29 is 19.1 Å². The van der Waals surface area contributed by atoms with E-state index >= 15 is 0 Å². The molecule has 23 heavy (non-hydrogen) atoms. The molecule has 3 aliphatic rings. The van der Waals surface area contributed by atoms with E-state index in [-0.39, 0.29) is 30.3 Å². The lowest BCUT2D eigenvalue weighted by atomic mass is 9.95. The minimum Gasteiger partial charge on any atom is -0.459 e. The molecule has 3 fully saturated rings. The van der Waals surface area contributed by atoms with Gasteiger partial charge in [0.05, 0.1) is 12.2 Å². The second kappa shape index (κ2) is 5.55. The first-order valence-electron chi connectivity index (χ1n) is 8.40. The minimum absolute atomic E-state index is 0.101. The molecule has 0 aromatic heterocycles. The molecule has 2 heterocycles. The van der Waals surface area contributed by atoms with Crippen LogP contribution in [0, 0.1) is 11.8 Å². The monoisotopic (exact) mass is 315 g/mol. The summed E-state index contributed by atoms with van der Waals surface area (Å²) in [6.45, 7) is 2.23. The van der Waals surface area contributed by atoms with Crippen molar-refractivity contribution in [3.8, 4) is 0 Å². The number of nitrogens with zero attached hydrogens (tertiary/aromatic N) is 1. The first kappa shape index (κ1) is 14.5. The Labute approximate surface area is 135 Å². The maximum Gasteiger partial charge on any atom is 0.410 e. The summed E-state index contributed by atoms with van der Waals surface area (Å²) in [7, 11) is 0. The lowest BCUT2D eigenvalue weighted by Crippen LogP contribution is -2.51. The van der Waals surface area contributed by atoms with Gasteiger partial charge in [0.15, 0.2) is 0 Å². The maximum atomic E-state index is 12.2. The number of piperidine rings is 2. The van der Waals surface area contributed by atoms with Gasteiger partial charge in [-0.15, -0.1) is 0 Å². The number of rotatable bonds is 3. The summed E-state index contributed by atoms with van der Waals surface area (Å²) in [6, 6.07) is 9.42. The van der Waals surface area contributed by atoms with Gasteiger partial charge in [0.2, 0.25) is 0 Å². The smallest absolute Gasteiger partial charge is 0.410 e. The Bertz CT molecular complexity index is 599. The maximum absolute atomic E-state index is 12.2. The first-order valence-corrected chi connectivity index (χ1v) is 8.40. The van der Waals surface area contributed by atoms with Gasteiger partial charge in [-0.3, -0.25) is 0 Å². The fourth-order valence-electron chi connectivity index (χ4n) is 4.35. The third-order valence-corrected chi connectivity index (χ3v) is 5.36. The van der Waals surface area contributed by atoms with E-state index in [1.54, 1.807) is 12.1 Å². The van der Waals surface area contributed by atoms with Crippen LogP contribution in [0.3, 0.4) is 0 Å². The third-order valence-electron chi connectivity index (χ3n) is 5.36. The summed E-state index contributed by atoms with van der Waals surface area (Å²) < 4.78 is 10.9. The Balaban J connectivity index is 1.43. The molecule has 4 unspecified atom stereocenters. The number of hydrogen-bond acceptors (Lipinski definition) is 4. The van der Waals surface area contributed by atoms with Crippen molar-refractivity contribution >= 4 is 12.1 Å². The van der Waals surface area contributed by atoms with Gasteiger partial charge < -0.3 is 14.4 Å². The highest BCUT2D eigenvalue weighted by atomic mass is 16.6. The van der Waals surface area contributed by atoms with Crippen LogP contribution in [-0.2, 0) is 9.47 Å². The molecule has 1 aliphatic carbocycles. The summed E-state index contributed by atoms with van der Waals surface area (Å²) in [4.78, 5) is 26.3. The Morgan fingerprint density at radius 2 is 1.74 bits per heavy atom. The molecule has 5 atom stereocenters. The van der Waals surface area contributed by atoms with Gasteiger partial charge in [0.25, 0.3) is 0 Å². The Kier molecular flexibility index (Phi) is 3.51. The number of hydrogen-bond donors (Lipinski definition) is 0. The predicted octanol–water partition coefficient (Wildman–Crippen LogP) is 2.85. The van der Waals surface area contributed by atoms with Crippen LogP contribution in [0.2, 0.25) is 0 Å². The second-order valence-corrected chi connectivity index (χ2v) is 6.67. The molecule has 1 aromatic rings. The molecule has 0 N–H and O–H groups in total. The van der Waals surface area contributed by atoms with E-state index in [0.717, 1.165) is 12.8 Å². The topological polar surface area (TPSA) is 55.8 Å². The molecule has 2 bridgehead atoms. The predicted molar refractivity (Wildman–Crippen MR) is 82.9 cm³/mol. The van der Waals surface area contributed by atoms with E-state index in [9.17, 15) is 9.59 Å². The SMILES string of the molecule is CCOC(=O)N1C2CC(OC(=O)c3ccccc3)CC1[C@@H]1CC21. The fraction of sp³-hybridized carbons (Fsp3) is 0.556. The number of carbonyl (C=O) groups is 2. The van der Waals surface area contributed by atoms with Crippen molar-refractivity contribution in [2.75, 3.05) is 6.61 Å². The van der Waals surface area contributed by atoms with Gasteiger partial charge in [-0.2, -0.15) is 0 Å². The average molecular weight is 315 g/mol. The van der Waals surface area contributed by atoms with Crippen LogP contribution >= 0.6 is 0 Å². The largest absolute Gasteiger partial charge is 0.459 e. The molecule has 122 valence electrons. The highest BCUT2D eigenvalue weighted by molar-refractivity contribution is 5.89. The van der Waals surface area contributed by atoms with E-state index in [1.165, 1.54) is 6.42 Å². The number of amides is 1. The van der Waals surface area contributed by atoms with Crippen LogP contribution < -0.4 is 0 Å². The normalized spacial score (nSPS) is 33.8. The van der Waals surface area contributed by atoms with Crippen molar-refractivity contribution in [2.45, 2.75) is 44.4 Å². The highest BCUT2D eigenvalue weighted by Gasteiger charge is 2.63. The molecule has 5 heteroatoms. The highest BCUT2D eigenvalue weighted by Crippen LogP contribution is 2.58. The Hall–Kier alpha value is -2.04.